The number of allylic oxidation sites excluding steroid dienone is 2. The van der Waals surface area contributed by atoms with Crippen molar-refractivity contribution in [1.29, 1.82) is 0 Å². The van der Waals surface area contributed by atoms with Crippen molar-refractivity contribution in [2.75, 3.05) is 5.32 Å². The smallest absolute Gasteiger partial charge is 0.227 e. The molecule has 0 saturated carbocycles. The molecule has 2 N–H and O–H groups in total. The van der Waals surface area contributed by atoms with Crippen molar-refractivity contribution < 1.29 is 4.79 Å². The third kappa shape index (κ3) is 3.24. The number of Topliss-reactive ketones (excluding diaryl/α,β-unsaturated/α-hetero) is 1. The SMILES string of the molecule is O=C1CCCC2=C1C(c1c[nH]c3ccccc13)n1nc(SCc3ccccc3Cl)nc1N2. The zero-order valence-corrected chi connectivity index (χ0v) is 18.7. The maximum atomic E-state index is 13.0. The van der Waals surface area contributed by atoms with E-state index in [-0.39, 0.29) is 11.8 Å². The lowest BCUT2D eigenvalue weighted by Gasteiger charge is -2.31. The van der Waals surface area contributed by atoms with Crippen LogP contribution in [0.3, 0.4) is 0 Å². The van der Waals surface area contributed by atoms with E-state index >= 15 is 0 Å². The summed E-state index contributed by atoms with van der Waals surface area (Å²) in [6.07, 6.45) is 4.26. The van der Waals surface area contributed by atoms with Crippen LogP contribution in [0, 0.1) is 0 Å². The summed E-state index contributed by atoms with van der Waals surface area (Å²) in [5.74, 6) is 1.53. The van der Waals surface area contributed by atoms with E-state index in [4.69, 9.17) is 21.7 Å². The minimum Gasteiger partial charge on any atom is -0.361 e. The molecule has 3 heterocycles. The van der Waals surface area contributed by atoms with E-state index in [1.807, 2.05) is 53.3 Å². The number of aromatic nitrogens is 4. The van der Waals surface area contributed by atoms with E-state index < -0.39 is 0 Å². The van der Waals surface area contributed by atoms with Crippen LogP contribution in [0.15, 0.2) is 71.2 Å². The molecule has 0 bridgehead atoms. The highest BCUT2D eigenvalue weighted by molar-refractivity contribution is 7.98. The Labute approximate surface area is 194 Å². The fraction of sp³-hybridized carbons (Fsp3) is 0.208. The van der Waals surface area contributed by atoms with E-state index in [0.717, 1.165) is 51.2 Å². The summed E-state index contributed by atoms with van der Waals surface area (Å²) in [7, 11) is 0. The summed E-state index contributed by atoms with van der Waals surface area (Å²) >= 11 is 7.86. The van der Waals surface area contributed by atoms with Gasteiger partial charge in [0.15, 0.2) is 5.78 Å². The molecule has 0 fully saturated rings. The molecule has 1 atom stereocenters. The zero-order chi connectivity index (χ0) is 21.7. The van der Waals surface area contributed by atoms with Gasteiger partial charge in [-0.1, -0.05) is 59.8 Å². The number of rotatable bonds is 4. The molecular weight excluding hydrogens is 442 g/mol. The Kier molecular flexibility index (Phi) is 4.81. The number of aromatic amines is 1. The van der Waals surface area contributed by atoms with E-state index in [0.29, 0.717) is 23.3 Å². The molecule has 8 heteroatoms. The highest BCUT2D eigenvalue weighted by Gasteiger charge is 2.37. The summed E-state index contributed by atoms with van der Waals surface area (Å²) in [5, 5.41) is 10.7. The number of nitrogens with one attached hydrogen (secondary N) is 2. The minimum absolute atomic E-state index is 0.181. The number of para-hydroxylation sites is 1. The van der Waals surface area contributed by atoms with Crippen LogP contribution in [0.25, 0.3) is 10.9 Å². The van der Waals surface area contributed by atoms with Crippen LogP contribution in [0.1, 0.15) is 36.4 Å². The Morgan fingerprint density at radius 3 is 2.88 bits per heavy atom. The normalized spacial score (nSPS) is 17.9. The second-order valence-corrected chi connectivity index (χ2v) is 9.38. The predicted octanol–water partition coefficient (Wildman–Crippen LogP) is 5.73. The van der Waals surface area contributed by atoms with Crippen LogP contribution >= 0.6 is 23.4 Å². The Hall–Kier alpha value is -3.03. The van der Waals surface area contributed by atoms with Gasteiger partial charge in [0.1, 0.15) is 6.04 Å². The van der Waals surface area contributed by atoms with E-state index in [9.17, 15) is 4.79 Å². The number of benzene rings is 2. The van der Waals surface area contributed by atoms with Gasteiger partial charge in [-0.2, -0.15) is 4.98 Å². The second-order valence-electron chi connectivity index (χ2n) is 8.03. The molecule has 1 aliphatic carbocycles. The van der Waals surface area contributed by atoms with Crippen molar-refractivity contribution in [2.24, 2.45) is 0 Å². The monoisotopic (exact) mass is 461 g/mol. The Bertz CT molecular complexity index is 1390. The van der Waals surface area contributed by atoms with E-state index in [2.05, 4.69) is 16.4 Å². The molecule has 4 aromatic rings. The molecule has 160 valence electrons. The first kappa shape index (κ1) is 19.6. The van der Waals surface area contributed by atoms with Gasteiger partial charge in [-0.3, -0.25) is 4.79 Å². The van der Waals surface area contributed by atoms with Crippen molar-refractivity contribution in [3.05, 3.63) is 82.1 Å². The molecule has 6 nitrogen and oxygen atoms in total. The number of halogens is 1. The van der Waals surface area contributed by atoms with Gasteiger partial charge < -0.3 is 10.3 Å². The lowest BCUT2D eigenvalue weighted by Crippen LogP contribution is -2.31. The van der Waals surface area contributed by atoms with Gasteiger partial charge in [-0.15, -0.1) is 5.10 Å². The van der Waals surface area contributed by atoms with Crippen LogP contribution < -0.4 is 5.32 Å². The van der Waals surface area contributed by atoms with Crippen molar-refractivity contribution in [2.45, 2.75) is 36.2 Å². The fourth-order valence-electron chi connectivity index (χ4n) is 4.56. The number of carbonyl (C=O) groups is 1. The molecule has 0 amide bonds. The number of anilines is 1. The lowest BCUT2D eigenvalue weighted by atomic mass is 9.85. The molecule has 1 aliphatic heterocycles. The average molecular weight is 462 g/mol. The number of fused-ring (bicyclic) bond motifs is 2. The highest BCUT2D eigenvalue weighted by Crippen LogP contribution is 2.42. The molecule has 0 radical (unpaired) electrons. The first-order valence-electron chi connectivity index (χ1n) is 10.6. The summed E-state index contributed by atoms with van der Waals surface area (Å²) in [5.41, 5.74) is 4.90. The summed E-state index contributed by atoms with van der Waals surface area (Å²) < 4.78 is 1.87. The van der Waals surface area contributed by atoms with E-state index in [1.165, 1.54) is 11.8 Å². The van der Waals surface area contributed by atoms with Crippen molar-refractivity contribution in [1.82, 2.24) is 19.7 Å². The third-order valence-corrected chi connectivity index (χ3v) is 7.33. The van der Waals surface area contributed by atoms with Gasteiger partial charge in [0.2, 0.25) is 11.1 Å². The number of thioether (sulfide) groups is 1. The van der Waals surface area contributed by atoms with Crippen molar-refractivity contribution in [3.63, 3.8) is 0 Å². The third-order valence-electron chi connectivity index (χ3n) is 6.08. The Morgan fingerprint density at radius 2 is 1.97 bits per heavy atom. The maximum absolute atomic E-state index is 13.0. The molecule has 32 heavy (non-hydrogen) atoms. The molecule has 2 aliphatic rings. The van der Waals surface area contributed by atoms with Gasteiger partial charge in [0.25, 0.3) is 0 Å². The Balaban J connectivity index is 1.42. The van der Waals surface area contributed by atoms with Crippen LogP contribution in [0.4, 0.5) is 5.95 Å². The molecule has 0 saturated heterocycles. The largest absolute Gasteiger partial charge is 0.361 e. The number of ketones is 1. The number of nitrogens with zero attached hydrogens (tertiary/aromatic N) is 3. The van der Waals surface area contributed by atoms with Gasteiger partial charge in [0.05, 0.1) is 0 Å². The van der Waals surface area contributed by atoms with Gasteiger partial charge >= 0.3 is 0 Å². The van der Waals surface area contributed by atoms with Crippen molar-refractivity contribution in [3.8, 4) is 0 Å². The topological polar surface area (TPSA) is 75.6 Å². The Morgan fingerprint density at radius 1 is 1.12 bits per heavy atom. The maximum Gasteiger partial charge on any atom is 0.227 e. The van der Waals surface area contributed by atoms with E-state index in [1.54, 1.807) is 0 Å². The van der Waals surface area contributed by atoms with Gasteiger partial charge in [-0.25, -0.2) is 4.68 Å². The summed E-state index contributed by atoms with van der Waals surface area (Å²) in [6, 6.07) is 15.7. The first-order valence-corrected chi connectivity index (χ1v) is 12.0. The minimum atomic E-state index is -0.299. The number of carbonyl (C=O) groups excluding carboxylic acids is 1. The molecular formula is C24H20ClN5OS. The molecule has 1 unspecified atom stereocenters. The van der Waals surface area contributed by atoms with Gasteiger partial charge in [-0.05, 0) is 30.5 Å². The fourth-order valence-corrected chi connectivity index (χ4v) is 5.68. The highest BCUT2D eigenvalue weighted by atomic mass is 35.5. The molecule has 2 aromatic carbocycles. The number of H-pyrrole nitrogens is 1. The van der Waals surface area contributed by atoms with Crippen LogP contribution in [0.5, 0.6) is 0 Å². The lowest BCUT2D eigenvalue weighted by molar-refractivity contribution is -0.116. The second kappa shape index (κ2) is 7.83. The molecule has 0 spiro atoms. The van der Waals surface area contributed by atoms with Crippen LogP contribution in [-0.2, 0) is 10.5 Å². The quantitative estimate of drug-likeness (QED) is 0.380. The molecule has 2 aromatic heterocycles. The van der Waals surface area contributed by atoms with Crippen LogP contribution in [0.2, 0.25) is 5.02 Å². The molecule has 6 rings (SSSR count). The zero-order valence-electron chi connectivity index (χ0n) is 17.1. The predicted molar refractivity (Wildman–Crippen MR) is 127 cm³/mol. The number of hydrogen-bond acceptors (Lipinski definition) is 5. The average Bonchev–Trinajstić information content (AvgIpc) is 3.41. The summed E-state index contributed by atoms with van der Waals surface area (Å²) in [4.78, 5) is 21.2. The van der Waals surface area contributed by atoms with Crippen LogP contribution in [-0.4, -0.2) is 25.5 Å². The number of hydrogen-bond donors (Lipinski definition) is 2. The first-order chi connectivity index (χ1) is 15.7. The van der Waals surface area contributed by atoms with Gasteiger partial charge in [0, 0.05) is 51.1 Å². The standard InChI is InChI=1S/C24H20ClN5OS/c25-17-8-3-1-6-14(17)13-32-24-28-23-27-19-10-5-11-20(31)21(19)22(30(23)29-24)16-12-26-18-9-4-2-7-15(16)18/h1-4,6-9,12,22,26H,5,10-11,13H2,(H,27,28,29). The summed E-state index contributed by atoms with van der Waals surface area (Å²) in [6.45, 7) is 0. The van der Waals surface area contributed by atoms with Crippen molar-refractivity contribution >= 4 is 46.0 Å².